The van der Waals surface area contributed by atoms with Crippen molar-refractivity contribution in [3.8, 4) is 11.5 Å². The van der Waals surface area contributed by atoms with Crippen LogP contribution in [0.15, 0.2) is 47.4 Å². The van der Waals surface area contributed by atoms with Gasteiger partial charge in [0, 0.05) is 11.0 Å². The van der Waals surface area contributed by atoms with Crippen LogP contribution >= 0.6 is 11.8 Å². The van der Waals surface area contributed by atoms with Crippen molar-refractivity contribution in [3.63, 3.8) is 0 Å². The van der Waals surface area contributed by atoms with Crippen LogP contribution in [-0.4, -0.2) is 25.8 Å². The van der Waals surface area contributed by atoms with Gasteiger partial charge in [-0.15, -0.1) is 11.8 Å². The van der Waals surface area contributed by atoms with Crippen LogP contribution in [0.4, 0.5) is 4.39 Å². The van der Waals surface area contributed by atoms with E-state index in [1.165, 1.54) is 24.9 Å². The summed E-state index contributed by atoms with van der Waals surface area (Å²) in [5.41, 5.74) is 0.460. The molecule has 0 aromatic heterocycles. The molecular formula is C16H15FO3S. The van der Waals surface area contributed by atoms with Gasteiger partial charge in [0.15, 0.2) is 5.78 Å². The van der Waals surface area contributed by atoms with Gasteiger partial charge in [-0.2, -0.15) is 0 Å². The number of hydrogen-bond acceptors (Lipinski definition) is 4. The van der Waals surface area contributed by atoms with Gasteiger partial charge in [0.2, 0.25) is 0 Å². The van der Waals surface area contributed by atoms with E-state index in [9.17, 15) is 9.18 Å². The Morgan fingerprint density at radius 2 is 1.90 bits per heavy atom. The van der Waals surface area contributed by atoms with Crippen LogP contribution < -0.4 is 9.47 Å². The molecule has 5 heteroatoms. The normalized spacial score (nSPS) is 10.2. The molecule has 2 aromatic rings. The lowest BCUT2D eigenvalue weighted by Crippen LogP contribution is -2.05. The van der Waals surface area contributed by atoms with E-state index < -0.39 is 0 Å². The highest BCUT2D eigenvalue weighted by Gasteiger charge is 2.14. The van der Waals surface area contributed by atoms with Crippen molar-refractivity contribution in [1.82, 2.24) is 0 Å². The number of carbonyl (C=O) groups excluding carboxylic acids is 1. The Labute approximate surface area is 127 Å². The van der Waals surface area contributed by atoms with Crippen molar-refractivity contribution < 1.29 is 18.7 Å². The number of carbonyl (C=O) groups is 1. The SMILES string of the molecule is COc1ccc(C(=O)CSc2ccccc2F)c(OC)c1. The van der Waals surface area contributed by atoms with Crippen molar-refractivity contribution in [1.29, 1.82) is 0 Å². The Hall–Kier alpha value is -2.01. The average molecular weight is 306 g/mol. The molecule has 0 fully saturated rings. The molecule has 2 aromatic carbocycles. The lowest BCUT2D eigenvalue weighted by Gasteiger charge is -2.09. The van der Waals surface area contributed by atoms with Crippen LogP contribution in [0.25, 0.3) is 0 Å². The Kier molecular flexibility index (Phi) is 5.22. The highest BCUT2D eigenvalue weighted by atomic mass is 32.2. The van der Waals surface area contributed by atoms with Crippen molar-refractivity contribution in [3.05, 3.63) is 53.8 Å². The van der Waals surface area contributed by atoms with Gasteiger partial charge in [-0.1, -0.05) is 12.1 Å². The standard InChI is InChI=1S/C16H15FO3S/c1-19-11-7-8-12(15(9-11)20-2)14(18)10-21-16-6-4-3-5-13(16)17/h3-9H,10H2,1-2H3. The van der Waals surface area contributed by atoms with Crippen LogP contribution in [0.5, 0.6) is 11.5 Å². The molecule has 0 bridgehead atoms. The summed E-state index contributed by atoms with van der Waals surface area (Å²) >= 11 is 1.17. The number of hydrogen-bond donors (Lipinski definition) is 0. The summed E-state index contributed by atoms with van der Waals surface area (Å²) in [4.78, 5) is 12.7. The van der Waals surface area contributed by atoms with Crippen molar-refractivity contribution in [2.75, 3.05) is 20.0 Å². The summed E-state index contributed by atoms with van der Waals surface area (Å²) in [6, 6.07) is 11.4. The predicted molar refractivity (Wildman–Crippen MR) is 81.0 cm³/mol. The van der Waals surface area contributed by atoms with E-state index >= 15 is 0 Å². The van der Waals surface area contributed by atoms with Gasteiger partial charge in [0.25, 0.3) is 0 Å². The van der Waals surface area contributed by atoms with E-state index in [4.69, 9.17) is 9.47 Å². The molecule has 0 aliphatic heterocycles. The summed E-state index contributed by atoms with van der Waals surface area (Å²) in [6.45, 7) is 0. The zero-order valence-electron chi connectivity index (χ0n) is 11.8. The maximum atomic E-state index is 13.5. The van der Waals surface area contributed by atoms with Gasteiger partial charge in [-0.25, -0.2) is 4.39 Å². The van der Waals surface area contributed by atoms with Crippen molar-refractivity contribution in [2.24, 2.45) is 0 Å². The number of thioether (sulfide) groups is 1. The van der Waals surface area contributed by atoms with Crippen LogP contribution in [0.2, 0.25) is 0 Å². The van der Waals surface area contributed by atoms with Gasteiger partial charge in [0.05, 0.1) is 25.5 Å². The minimum absolute atomic E-state index is 0.122. The van der Waals surface area contributed by atoms with E-state index in [-0.39, 0.29) is 17.4 Å². The highest BCUT2D eigenvalue weighted by molar-refractivity contribution is 8.00. The second kappa shape index (κ2) is 7.13. The second-order valence-electron chi connectivity index (χ2n) is 4.21. The summed E-state index contributed by atoms with van der Waals surface area (Å²) in [7, 11) is 3.04. The molecular weight excluding hydrogens is 291 g/mol. The zero-order chi connectivity index (χ0) is 15.2. The Balaban J connectivity index is 2.12. The molecule has 0 saturated heterocycles. The van der Waals surface area contributed by atoms with E-state index in [1.807, 2.05) is 0 Å². The van der Waals surface area contributed by atoms with Crippen LogP contribution in [0.3, 0.4) is 0 Å². The molecule has 21 heavy (non-hydrogen) atoms. The number of Topliss-reactive ketones (excluding diaryl/α,β-unsaturated/α-hetero) is 1. The van der Waals surface area contributed by atoms with Gasteiger partial charge in [0.1, 0.15) is 17.3 Å². The minimum Gasteiger partial charge on any atom is -0.497 e. The van der Waals surface area contributed by atoms with E-state index in [2.05, 4.69) is 0 Å². The molecule has 2 rings (SSSR count). The fourth-order valence-electron chi connectivity index (χ4n) is 1.81. The maximum absolute atomic E-state index is 13.5. The molecule has 0 spiro atoms. The molecule has 0 radical (unpaired) electrons. The largest absolute Gasteiger partial charge is 0.497 e. The number of rotatable bonds is 6. The van der Waals surface area contributed by atoms with Crippen LogP contribution in [0.1, 0.15) is 10.4 Å². The van der Waals surface area contributed by atoms with Gasteiger partial charge < -0.3 is 9.47 Å². The topological polar surface area (TPSA) is 35.5 Å². The molecule has 0 atom stereocenters. The minimum atomic E-state index is -0.322. The molecule has 0 amide bonds. The van der Waals surface area contributed by atoms with E-state index in [1.54, 1.807) is 43.5 Å². The zero-order valence-corrected chi connectivity index (χ0v) is 12.6. The van der Waals surface area contributed by atoms with Gasteiger partial charge >= 0.3 is 0 Å². The average Bonchev–Trinajstić information content (AvgIpc) is 2.53. The third kappa shape index (κ3) is 3.76. The van der Waals surface area contributed by atoms with E-state index in [0.29, 0.717) is 22.0 Å². The molecule has 0 saturated carbocycles. The summed E-state index contributed by atoms with van der Waals surface area (Å²) < 4.78 is 23.8. The lowest BCUT2D eigenvalue weighted by molar-refractivity contribution is 0.101. The van der Waals surface area contributed by atoms with Crippen molar-refractivity contribution in [2.45, 2.75) is 4.90 Å². The third-order valence-electron chi connectivity index (χ3n) is 2.90. The predicted octanol–water partition coefficient (Wildman–Crippen LogP) is 3.82. The molecule has 0 N–H and O–H groups in total. The molecule has 0 unspecified atom stereocenters. The molecule has 0 heterocycles. The monoisotopic (exact) mass is 306 g/mol. The fraction of sp³-hybridized carbons (Fsp3) is 0.188. The van der Waals surface area contributed by atoms with Crippen LogP contribution in [-0.2, 0) is 0 Å². The number of methoxy groups -OCH3 is 2. The first-order valence-electron chi connectivity index (χ1n) is 6.28. The highest BCUT2D eigenvalue weighted by Crippen LogP contribution is 2.28. The summed E-state index contributed by atoms with van der Waals surface area (Å²) in [5, 5.41) is 0. The molecule has 110 valence electrons. The first-order chi connectivity index (χ1) is 10.2. The number of ketones is 1. The van der Waals surface area contributed by atoms with Crippen molar-refractivity contribution >= 4 is 17.5 Å². The first-order valence-corrected chi connectivity index (χ1v) is 7.27. The number of benzene rings is 2. The number of ether oxygens (including phenoxy) is 2. The molecule has 3 nitrogen and oxygen atoms in total. The van der Waals surface area contributed by atoms with Gasteiger partial charge in [-0.05, 0) is 24.3 Å². The lowest BCUT2D eigenvalue weighted by atomic mass is 10.1. The molecule has 0 aliphatic carbocycles. The molecule has 0 aliphatic rings. The third-order valence-corrected chi connectivity index (χ3v) is 3.95. The maximum Gasteiger partial charge on any atom is 0.176 e. The number of halogens is 1. The fourth-order valence-corrected chi connectivity index (χ4v) is 2.63. The summed E-state index contributed by atoms with van der Waals surface area (Å²) in [5.74, 6) is 0.766. The Bertz CT molecular complexity index is 643. The van der Waals surface area contributed by atoms with Crippen LogP contribution in [0, 0.1) is 5.82 Å². The summed E-state index contributed by atoms with van der Waals surface area (Å²) in [6.07, 6.45) is 0. The van der Waals surface area contributed by atoms with Gasteiger partial charge in [-0.3, -0.25) is 4.79 Å². The first kappa shape index (κ1) is 15.4. The Morgan fingerprint density at radius 3 is 2.57 bits per heavy atom. The quantitative estimate of drug-likeness (QED) is 0.600. The smallest absolute Gasteiger partial charge is 0.176 e. The second-order valence-corrected chi connectivity index (χ2v) is 5.23. The van der Waals surface area contributed by atoms with E-state index in [0.717, 1.165) is 0 Å². The Morgan fingerprint density at radius 1 is 1.14 bits per heavy atom.